The van der Waals surface area contributed by atoms with Crippen molar-refractivity contribution in [3.63, 3.8) is 0 Å². The molecule has 2 fully saturated rings. The van der Waals surface area contributed by atoms with Gasteiger partial charge in [0, 0.05) is 48.8 Å². The number of halogens is 1. The lowest BCUT2D eigenvalue weighted by molar-refractivity contribution is 0.0988. The average molecular weight is 565 g/mol. The number of carbonyl (C=O) groups excluding carboxylic acids is 1. The molecule has 1 saturated carbocycles. The van der Waals surface area contributed by atoms with Gasteiger partial charge in [-0.05, 0) is 60.7 Å². The molecule has 0 unspecified atom stereocenters. The molecule has 3 N–H and O–H groups in total. The number of nitrogens with two attached hydrogens (primary N) is 1. The van der Waals surface area contributed by atoms with Crippen LogP contribution in [0.15, 0.2) is 67.1 Å². The Balaban J connectivity index is 1.39. The first-order valence-corrected chi connectivity index (χ1v) is 13.7. The van der Waals surface area contributed by atoms with Gasteiger partial charge in [-0.3, -0.25) is 9.78 Å². The summed E-state index contributed by atoms with van der Waals surface area (Å²) in [6.45, 7) is 8.12. The predicted octanol–water partition coefficient (Wildman–Crippen LogP) is 4.76. The fraction of sp³-hybridized carbons (Fsp3) is 0.281. The number of pyridine rings is 1. The van der Waals surface area contributed by atoms with E-state index < -0.39 is 11.4 Å². The molecule has 0 bridgehead atoms. The number of benzene rings is 2. The van der Waals surface area contributed by atoms with Crippen LogP contribution in [-0.4, -0.2) is 57.2 Å². The van der Waals surface area contributed by atoms with Gasteiger partial charge < -0.3 is 20.5 Å². The van der Waals surface area contributed by atoms with Crippen LogP contribution in [0.3, 0.4) is 0 Å². The summed E-state index contributed by atoms with van der Waals surface area (Å²) in [7, 11) is 1.43. The summed E-state index contributed by atoms with van der Waals surface area (Å²) in [5, 5.41) is 11.1. The summed E-state index contributed by atoms with van der Waals surface area (Å²) in [5.74, 6) is -0.519. The molecule has 42 heavy (non-hydrogen) atoms. The molecule has 212 valence electrons. The van der Waals surface area contributed by atoms with Gasteiger partial charge in [0.1, 0.15) is 17.3 Å². The number of rotatable bonds is 8. The SMILES string of the molecule is [C-]#[N+]c1ccncc1-c1ccc(CC(=O)c2ccnc(-c3c(F)cccc3OC)n2)c(N2C[C@@H](N)C[C@H]2C2(O)CC2)c1. The van der Waals surface area contributed by atoms with Crippen molar-refractivity contribution < 1.29 is 19.0 Å². The van der Waals surface area contributed by atoms with Gasteiger partial charge in [-0.1, -0.05) is 18.2 Å². The molecule has 2 aliphatic rings. The Hall–Kier alpha value is -4.72. The Labute approximate surface area is 242 Å². The van der Waals surface area contributed by atoms with E-state index in [0.29, 0.717) is 37.1 Å². The highest BCUT2D eigenvalue weighted by Crippen LogP contribution is 2.47. The lowest BCUT2D eigenvalue weighted by Crippen LogP contribution is -2.41. The molecule has 2 aromatic carbocycles. The van der Waals surface area contributed by atoms with Gasteiger partial charge in [-0.25, -0.2) is 19.2 Å². The number of hydrogen-bond donors (Lipinski definition) is 2. The maximum Gasteiger partial charge on any atom is 0.197 e. The first-order chi connectivity index (χ1) is 20.3. The van der Waals surface area contributed by atoms with Crippen LogP contribution in [0, 0.1) is 12.4 Å². The van der Waals surface area contributed by atoms with E-state index in [-0.39, 0.29) is 47.1 Å². The Morgan fingerprint density at radius 2 is 2.07 bits per heavy atom. The van der Waals surface area contributed by atoms with Crippen molar-refractivity contribution in [3.8, 4) is 28.3 Å². The summed E-state index contributed by atoms with van der Waals surface area (Å²) < 4.78 is 20.0. The van der Waals surface area contributed by atoms with Crippen LogP contribution >= 0.6 is 0 Å². The third-order valence-electron chi connectivity index (χ3n) is 8.05. The summed E-state index contributed by atoms with van der Waals surface area (Å²) in [6, 6.07) is 12.9. The second-order valence-corrected chi connectivity index (χ2v) is 10.8. The third-order valence-corrected chi connectivity index (χ3v) is 8.05. The van der Waals surface area contributed by atoms with E-state index in [0.717, 1.165) is 16.8 Å². The minimum Gasteiger partial charge on any atom is -0.496 e. The van der Waals surface area contributed by atoms with E-state index in [2.05, 4.69) is 24.7 Å². The average Bonchev–Trinajstić information content (AvgIpc) is 3.64. The van der Waals surface area contributed by atoms with Crippen LogP contribution in [0.2, 0.25) is 0 Å². The molecule has 0 spiro atoms. The van der Waals surface area contributed by atoms with Crippen molar-refractivity contribution in [2.45, 2.75) is 43.4 Å². The van der Waals surface area contributed by atoms with E-state index in [1.807, 2.05) is 18.2 Å². The van der Waals surface area contributed by atoms with Crippen molar-refractivity contribution in [3.05, 3.63) is 95.6 Å². The molecule has 0 amide bonds. The number of carbonyl (C=O) groups is 1. The number of nitrogens with zero attached hydrogens (tertiary/aromatic N) is 5. The Kier molecular flexibility index (Phi) is 7.14. The van der Waals surface area contributed by atoms with E-state index in [9.17, 15) is 14.3 Å². The van der Waals surface area contributed by atoms with Gasteiger partial charge in [0.15, 0.2) is 17.3 Å². The third kappa shape index (κ3) is 5.09. The fourth-order valence-corrected chi connectivity index (χ4v) is 5.75. The predicted molar refractivity (Wildman–Crippen MR) is 156 cm³/mol. The highest BCUT2D eigenvalue weighted by molar-refractivity contribution is 5.97. The number of aliphatic hydroxyl groups is 1. The highest BCUT2D eigenvalue weighted by atomic mass is 19.1. The van der Waals surface area contributed by atoms with Gasteiger partial charge in [-0.15, -0.1) is 0 Å². The number of hydrogen-bond acceptors (Lipinski definition) is 8. The molecule has 4 aromatic rings. The van der Waals surface area contributed by atoms with Crippen LogP contribution in [0.4, 0.5) is 15.8 Å². The van der Waals surface area contributed by atoms with Crippen molar-refractivity contribution in [2.75, 3.05) is 18.6 Å². The summed E-state index contributed by atoms with van der Waals surface area (Å²) in [5.41, 5.74) is 9.21. The summed E-state index contributed by atoms with van der Waals surface area (Å²) in [4.78, 5) is 32.2. The minimum atomic E-state index is -0.818. The van der Waals surface area contributed by atoms with Crippen molar-refractivity contribution >= 4 is 17.2 Å². The second-order valence-electron chi connectivity index (χ2n) is 10.8. The van der Waals surface area contributed by atoms with Gasteiger partial charge in [-0.2, -0.15) is 0 Å². The number of ether oxygens (including phenoxy) is 1. The minimum absolute atomic E-state index is 0.0000757. The molecule has 3 heterocycles. The highest BCUT2D eigenvalue weighted by Gasteiger charge is 2.53. The quantitative estimate of drug-likeness (QED) is 0.232. The van der Waals surface area contributed by atoms with E-state index in [4.69, 9.17) is 17.0 Å². The molecule has 9 nitrogen and oxygen atoms in total. The van der Waals surface area contributed by atoms with E-state index in [1.165, 1.54) is 31.5 Å². The second kappa shape index (κ2) is 10.9. The van der Waals surface area contributed by atoms with Gasteiger partial charge in [0.25, 0.3) is 0 Å². The summed E-state index contributed by atoms with van der Waals surface area (Å²) in [6.07, 6.45) is 6.69. The molecule has 1 aliphatic carbocycles. The fourth-order valence-electron chi connectivity index (χ4n) is 5.75. The lowest BCUT2D eigenvalue weighted by atomic mass is 9.97. The largest absolute Gasteiger partial charge is 0.496 e. The number of anilines is 1. The number of Topliss-reactive ketones (excluding diaryl/α,β-unsaturated/α-hetero) is 1. The molecule has 0 radical (unpaired) electrons. The molecular formula is C32H29FN6O3. The van der Waals surface area contributed by atoms with Crippen LogP contribution in [0.5, 0.6) is 5.75 Å². The van der Waals surface area contributed by atoms with Gasteiger partial charge in [0.2, 0.25) is 0 Å². The van der Waals surface area contributed by atoms with Crippen LogP contribution in [0.25, 0.3) is 27.4 Å². The molecule has 1 aliphatic heterocycles. The first kappa shape index (κ1) is 27.4. The number of aromatic nitrogens is 3. The standard InChI is InChI=1S/C32H29FN6O3/c1-35-24-8-12-36-17-22(24)19-6-7-20(26(14-19)39-18-21(34)16-29(39)32(41)10-11-32)15-27(40)25-9-13-37-31(38-25)30-23(33)4-3-5-28(30)42-2/h3-9,12-14,17,21,29,41H,10-11,15-16,18,34H2,2H3/t21-,29-/m0/s1. The zero-order valence-electron chi connectivity index (χ0n) is 23.0. The lowest BCUT2D eigenvalue weighted by Gasteiger charge is -2.32. The van der Waals surface area contributed by atoms with Crippen molar-refractivity contribution in [1.29, 1.82) is 0 Å². The monoisotopic (exact) mass is 564 g/mol. The molecular weight excluding hydrogens is 535 g/mol. The zero-order valence-corrected chi connectivity index (χ0v) is 23.0. The maximum atomic E-state index is 14.7. The van der Waals surface area contributed by atoms with Crippen LogP contribution < -0.4 is 15.4 Å². The Morgan fingerprint density at radius 3 is 2.83 bits per heavy atom. The number of ketones is 1. The van der Waals surface area contributed by atoms with Gasteiger partial charge >= 0.3 is 0 Å². The number of methoxy groups -OCH3 is 1. The molecule has 6 rings (SSSR count). The smallest absolute Gasteiger partial charge is 0.197 e. The summed E-state index contributed by atoms with van der Waals surface area (Å²) >= 11 is 0. The van der Waals surface area contributed by atoms with E-state index >= 15 is 0 Å². The Bertz CT molecular complexity index is 1720. The topological polar surface area (TPSA) is 119 Å². The Morgan fingerprint density at radius 1 is 1.24 bits per heavy atom. The zero-order chi connectivity index (χ0) is 29.4. The molecule has 2 atom stereocenters. The molecule has 1 saturated heterocycles. The van der Waals surface area contributed by atoms with Crippen LogP contribution in [0.1, 0.15) is 35.3 Å². The first-order valence-electron chi connectivity index (χ1n) is 13.7. The van der Waals surface area contributed by atoms with Crippen LogP contribution in [-0.2, 0) is 6.42 Å². The van der Waals surface area contributed by atoms with Crippen molar-refractivity contribution in [2.24, 2.45) is 5.73 Å². The van der Waals surface area contributed by atoms with E-state index in [1.54, 1.807) is 24.5 Å². The molecule has 10 heteroatoms. The van der Waals surface area contributed by atoms with Crippen molar-refractivity contribution in [1.82, 2.24) is 15.0 Å². The normalized spacial score (nSPS) is 18.9. The molecule has 2 aromatic heterocycles. The van der Waals surface area contributed by atoms with Gasteiger partial charge in [0.05, 0.1) is 30.9 Å². The maximum absolute atomic E-state index is 14.7.